The molecule has 0 radical (unpaired) electrons. The van der Waals surface area contributed by atoms with Crippen LogP contribution in [0, 0.1) is 5.92 Å². The molecule has 1 fully saturated rings. The van der Waals surface area contributed by atoms with Crippen molar-refractivity contribution in [3.8, 4) is 11.4 Å². The lowest BCUT2D eigenvalue weighted by molar-refractivity contribution is 0.301. The smallest absolute Gasteiger partial charge is 0.204 e. The van der Waals surface area contributed by atoms with E-state index in [1.54, 1.807) is 4.80 Å². The van der Waals surface area contributed by atoms with Crippen molar-refractivity contribution in [3.05, 3.63) is 30.3 Å². The monoisotopic (exact) mass is 285 g/mol. The molecule has 5 nitrogen and oxygen atoms in total. The molecule has 1 aromatic carbocycles. The van der Waals surface area contributed by atoms with Crippen molar-refractivity contribution >= 4 is 0 Å². The van der Waals surface area contributed by atoms with Gasteiger partial charge < -0.3 is 5.32 Å². The second-order valence-corrected chi connectivity index (χ2v) is 5.99. The molecule has 0 saturated heterocycles. The van der Waals surface area contributed by atoms with Crippen LogP contribution in [0.25, 0.3) is 11.4 Å². The summed E-state index contributed by atoms with van der Waals surface area (Å²) in [5.41, 5.74) is 1.01. The Kier molecular flexibility index (Phi) is 4.60. The third-order valence-corrected chi connectivity index (χ3v) is 4.25. The lowest BCUT2D eigenvalue weighted by Gasteiger charge is -2.26. The topological polar surface area (TPSA) is 55.6 Å². The molecular formula is C16H23N5. The molecule has 0 unspecified atom stereocenters. The summed E-state index contributed by atoms with van der Waals surface area (Å²) in [7, 11) is 0. The van der Waals surface area contributed by atoms with E-state index >= 15 is 0 Å². The third-order valence-electron chi connectivity index (χ3n) is 4.25. The molecule has 0 aliphatic heterocycles. The third kappa shape index (κ3) is 3.88. The number of nitrogens with zero attached hydrogens (tertiary/aromatic N) is 4. The lowest BCUT2D eigenvalue weighted by Crippen LogP contribution is -2.35. The predicted molar refractivity (Wildman–Crippen MR) is 82.7 cm³/mol. The second-order valence-electron chi connectivity index (χ2n) is 5.99. The summed E-state index contributed by atoms with van der Waals surface area (Å²) in [6.07, 6.45) is 5.28. The van der Waals surface area contributed by atoms with Crippen molar-refractivity contribution in [2.75, 3.05) is 6.54 Å². The zero-order valence-corrected chi connectivity index (χ0v) is 12.6. The number of hydrogen-bond acceptors (Lipinski definition) is 4. The summed E-state index contributed by atoms with van der Waals surface area (Å²) in [4.78, 5) is 1.68. The van der Waals surface area contributed by atoms with Crippen molar-refractivity contribution in [2.24, 2.45) is 5.92 Å². The van der Waals surface area contributed by atoms with Gasteiger partial charge in [-0.3, -0.25) is 0 Å². The minimum absolute atomic E-state index is 0.665. The summed E-state index contributed by atoms with van der Waals surface area (Å²) in [6, 6.07) is 10.6. The van der Waals surface area contributed by atoms with Gasteiger partial charge in [-0.05, 0) is 36.8 Å². The molecule has 0 atom stereocenters. The first-order valence-electron chi connectivity index (χ1n) is 7.88. The highest BCUT2D eigenvalue weighted by atomic mass is 15.6. The largest absolute Gasteiger partial charge is 0.312 e. The number of aromatic nitrogens is 4. The highest BCUT2D eigenvalue weighted by Crippen LogP contribution is 2.23. The molecule has 3 rings (SSSR count). The Balaban J connectivity index is 1.47. The van der Waals surface area contributed by atoms with E-state index in [9.17, 15) is 0 Å². The van der Waals surface area contributed by atoms with E-state index in [2.05, 4.69) is 27.7 Å². The fourth-order valence-electron chi connectivity index (χ4n) is 2.87. The van der Waals surface area contributed by atoms with Crippen molar-refractivity contribution in [2.45, 2.75) is 45.2 Å². The SMILES string of the molecule is CC1CCC(NCCn2nnc(-c3ccccc3)n2)CC1. The molecule has 0 bridgehead atoms. The van der Waals surface area contributed by atoms with Crippen LogP contribution in [0.15, 0.2) is 30.3 Å². The van der Waals surface area contributed by atoms with Crippen molar-refractivity contribution < 1.29 is 0 Å². The van der Waals surface area contributed by atoms with Crippen molar-refractivity contribution in [3.63, 3.8) is 0 Å². The van der Waals surface area contributed by atoms with Crippen LogP contribution in [0.3, 0.4) is 0 Å². The van der Waals surface area contributed by atoms with Crippen LogP contribution in [0.5, 0.6) is 0 Å². The maximum Gasteiger partial charge on any atom is 0.204 e. The molecule has 5 heteroatoms. The Morgan fingerprint density at radius 2 is 1.90 bits per heavy atom. The summed E-state index contributed by atoms with van der Waals surface area (Å²) in [5.74, 6) is 1.59. The highest BCUT2D eigenvalue weighted by Gasteiger charge is 2.17. The van der Waals surface area contributed by atoms with Gasteiger partial charge in [-0.2, -0.15) is 4.80 Å². The summed E-state index contributed by atoms with van der Waals surface area (Å²) in [6.45, 7) is 4.02. The molecule has 1 aliphatic rings. The van der Waals surface area contributed by atoms with Gasteiger partial charge in [-0.25, -0.2) is 0 Å². The van der Waals surface area contributed by atoms with E-state index in [4.69, 9.17) is 0 Å². The van der Waals surface area contributed by atoms with E-state index in [0.29, 0.717) is 11.9 Å². The van der Waals surface area contributed by atoms with Gasteiger partial charge in [0.15, 0.2) is 0 Å². The molecule has 112 valence electrons. The van der Waals surface area contributed by atoms with Crippen molar-refractivity contribution in [1.29, 1.82) is 0 Å². The molecule has 1 heterocycles. The molecule has 2 aromatic rings. The van der Waals surface area contributed by atoms with Gasteiger partial charge in [0.2, 0.25) is 5.82 Å². The highest BCUT2D eigenvalue weighted by molar-refractivity contribution is 5.52. The molecule has 21 heavy (non-hydrogen) atoms. The number of hydrogen-bond donors (Lipinski definition) is 1. The van der Waals surface area contributed by atoms with Crippen LogP contribution in [0.1, 0.15) is 32.6 Å². The van der Waals surface area contributed by atoms with E-state index in [0.717, 1.165) is 24.6 Å². The van der Waals surface area contributed by atoms with Crippen molar-refractivity contribution in [1.82, 2.24) is 25.5 Å². The standard InChI is InChI=1S/C16H23N5/c1-13-7-9-15(10-8-13)17-11-12-21-19-16(18-20-21)14-5-3-2-4-6-14/h2-6,13,15,17H,7-12H2,1H3. The van der Waals surface area contributed by atoms with Crippen LogP contribution < -0.4 is 5.32 Å². The van der Waals surface area contributed by atoms with E-state index < -0.39 is 0 Å². The van der Waals surface area contributed by atoms with Crippen LogP contribution in [0.4, 0.5) is 0 Å². The zero-order valence-electron chi connectivity index (χ0n) is 12.6. The Morgan fingerprint density at radius 3 is 2.67 bits per heavy atom. The molecular weight excluding hydrogens is 262 g/mol. The minimum atomic E-state index is 0.665. The molecule has 1 saturated carbocycles. The molecule has 1 N–H and O–H groups in total. The first kappa shape index (κ1) is 14.2. The summed E-state index contributed by atoms with van der Waals surface area (Å²) in [5, 5.41) is 16.3. The average molecular weight is 285 g/mol. The fourth-order valence-corrected chi connectivity index (χ4v) is 2.87. The first-order chi connectivity index (χ1) is 10.3. The lowest BCUT2D eigenvalue weighted by atomic mass is 9.87. The maximum atomic E-state index is 4.43. The van der Waals surface area contributed by atoms with Gasteiger partial charge in [-0.1, -0.05) is 37.3 Å². The first-order valence-corrected chi connectivity index (χ1v) is 7.88. The van der Waals surface area contributed by atoms with E-state index in [1.165, 1.54) is 25.7 Å². The number of tetrazole rings is 1. The number of rotatable bonds is 5. The van der Waals surface area contributed by atoms with Crippen LogP contribution in [-0.4, -0.2) is 32.8 Å². The Bertz CT molecular complexity index is 543. The molecule has 1 aromatic heterocycles. The number of benzene rings is 1. The van der Waals surface area contributed by atoms with Gasteiger partial charge in [-0.15, -0.1) is 10.2 Å². The Morgan fingerprint density at radius 1 is 1.14 bits per heavy atom. The quantitative estimate of drug-likeness (QED) is 0.917. The maximum absolute atomic E-state index is 4.43. The Labute approximate surface area is 125 Å². The Hall–Kier alpha value is -1.75. The van der Waals surface area contributed by atoms with E-state index in [1.807, 2.05) is 30.3 Å². The van der Waals surface area contributed by atoms with Crippen LogP contribution in [0.2, 0.25) is 0 Å². The average Bonchev–Trinajstić information content (AvgIpc) is 2.99. The molecule has 1 aliphatic carbocycles. The van der Waals surface area contributed by atoms with Crippen LogP contribution in [-0.2, 0) is 6.54 Å². The van der Waals surface area contributed by atoms with Gasteiger partial charge >= 0.3 is 0 Å². The van der Waals surface area contributed by atoms with Gasteiger partial charge in [0.1, 0.15) is 0 Å². The second kappa shape index (κ2) is 6.80. The minimum Gasteiger partial charge on any atom is -0.312 e. The summed E-state index contributed by atoms with van der Waals surface area (Å²) < 4.78 is 0. The van der Waals surface area contributed by atoms with Gasteiger partial charge in [0.25, 0.3) is 0 Å². The summed E-state index contributed by atoms with van der Waals surface area (Å²) >= 11 is 0. The number of nitrogens with one attached hydrogen (secondary N) is 1. The molecule has 0 amide bonds. The van der Waals surface area contributed by atoms with Crippen LogP contribution >= 0.6 is 0 Å². The predicted octanol–water partition coefficient (Wildman–Crippen LogP) is 2.51. The zero-order chi connectivity index (χ0) is 14.5. The van der Waals surface area contributed by atoms with Gasteiger partial charge in [0, 0.05) is 18.2 Å². The van der Waals surface area contributed by atoms with E-state index in [-0.39, 0.29) is 0 Å². The molecule has 0 spiro atoms. The fraction of sp³-hybridized carbons (Fsp3) is 0.562. The normalized spacial score (nSPS) is 22.3. The van der Waals surface area contributed by atoms with Gasteiger partial charge in [0.05, 0.1) is 6.54 Å².